The standard InChI is InChI=1S/C11H8Cl2N2O/c12-9-2-1-8(5-10(9)13)6-16-11-3-4-14-7-15-11/h1-5,7H,6H2. The molecule has 2 rings (SSSR count). The molecular formula is C11H8Cl2N2O. The van der Waals surface area contributed by atoms with Crippen molar-refractivity contribution in [3.63, 3.8) is 0 Å². The minimum atomic E-state index is 0.397. The van der Waals surface area contributed by atoms with Gasteiger partial charge in [0.15, 0.2) is 0 Å². The second kappa shape index (κ2) is 5.14. The van der Waals surface area contributed by atoms with Crippen LogP contribution in [0.15, 0.2) is 36.8 Å². The van der Waals surface area contributed by atoms with Gasteiger partial charge in [0.2, 0.25) is 5.88 Å². The zero-order chi connectivity index (χ0) is 11.4. The van der Waals surface area contributed by atoms with E-state index in [4.69, 9.17) is 27.9 Å². The Hall–Kier alpha value is -1.32. The zero-order valence-electron chi connectivity index (χ0n) is 8.23. The van der Waals surface area contributed by atoms with Gasteiger partial charge in [-0.1, -0.05) is 29.3 Å². The molecule has 0 saturated heterocycles. The summed E-state index contributed by atoms with van der Waals surface area (Å²) in [4.78, 5) is 7.74. The minimum absolute atomic E-state index is 0.397. The molecule has 1 aromatic carbocycles. The van der Waals surface area contributed by atoms with E-state index in [0.29, 0.717) is 22.5 Å². The third-order valence-corrected chi connectivity index (χ3v) is 2.66. The molecule has 1 aromatic heterocycles. The number of halogens is 2. The fourth-order valence-electron chi connectivity index (χ4n) is 1.15. The molecule has 0 unspecified atom stereocenters. The SMILES string of the molecule is Clc1ccc(COc2ccncn2)cc1Cl. The second-order valence-electron chi connectivity index (χ2n) is 3.08. The van der Waals surface area contributed by atoms with Crippen LogP contribution in [0, 0.1) is 0 Å². The maximum absolute atomic E-state index is 5.88. The number of hydrogen-bond donors (Lipinski definition) is 0. The summed E-state index contributed by atoms with van der Waals surface area (Å²) in [5, 5.41) is 1.05. The van der Waals surface area contributed by atoms with Gasteiger partial charge in [0.25, 0.3) is 0 Å². The molecule has 2 aromatic rings. The maximum Gasteiger partial charge on any atom is 0.216 e. The molecule has 0 spiro atoms. The van der Waals surface area contributed by atoms with Gasteiger partial charge >= 0.3 is 0 Å². The summed E-state index contributed by atoms with van der Waals surface area (Å²) in [6.07, 6.45) is 3.06. The van der Waals surface area contributed by atoms with E-state index < -0.39 is 0 Å². The van der Waals surface area contributed by atoms with Gasteiger partial charge in [-0.3, -0.25) is 0 Å². The maximum atomic E-state index is 5.88. The van der Waals surface area contributed by atoms with E-state index in [-0.39, 0.29) is 0 Å². The number of ether oxygens (including phenoxy) is 1. The van der Waals surface area contributed by atoms with Crippen molar-refractivity contribution in [2.45, 2.75) is 6.61 Å². The van der Waals surface area contributed by atoms with Gasteiger partial charge in [0.05, 0.1) is 10.0 Å². The van der Waals surface area contributed by atoms with Crippen LogP contribution in [0.25, 0.3) is 0 Å². The van der Waals surface area contributed by atoms with Gasteiger partial charge in [-0.15, -0.1) is 0 Å². The summed E-state index contributed by atoms with van der Waals surface area (Å²) in [7, 11) is 0. The average molecular weight is 255 g/mol. The highest BCUT2D eigenvalue weighted by molar-refractivity contribution is 6.42. The first-order valence-corrected chi connectivity index (χ1v) is 5.34. The van der Waals surface area contributed by atoms with E-state index >= 15 is 0 Å². The summed E-state index contributed by atoms with van der Waals surface area (Å²) in [5.41, 5.74) is 0.938. The van der Waals surface area contributed by atoms with Crippen LogP contribution in [0.3, 0.4) is 0 Å². The molecule has 16 heavy (non-hydrogen) atoms. The Labute approximate surface area is 103 Å². The van der Waals surface area contributed by atoms with Crippen molar-refractivity contribution in [1.29, 1.82) is 0 Å². The first-order valence-electron chi connectivity index (χ1n) is 4.58. The molecule has 0 N–H and O–H groups in total. The van der Waals surface area contributed by atoms with E-state index in [1.807, 2.05) is 6.07 Å². The molecule has 1 heterocycles. The summed E-state index contributed by atoms with van der Waals surface area (Å²) in [6, 6.07) is 7.06. The third-order valence-electron chi connectivity index (χ3n) is 1.93. The predicted octanol–water partition coefficient (Wildman–Crippen LogP) is 3.36. The van der Waals surface area contributed by atoms with Gasteiger partial charge in [0.1, 0.15) is 12.9 Å². The van der Waals surface area contributed by atoms with E-state index in [2.05, 4.69) is 9.97 Å². The van der Waals surface area contributed by atoms with Crippen LogP contribution in [0.5, 0.6) is 5.88 Å². The van der Waals surface area contributed by atoms with Crippen molar-refractivity contribution < 1.29 is 4.74 Å². The Balaban J connectivity index is 2.03. The third kappa shape index (κ3) is 2.84. The molecule has 0 bridgehead atoms. The van der Waals surface area contributed by atoms with Crippen LogP contribution in [0.2, 0.25) is 10.0 Å². The van der Waals surface area contributed by atoms with Crippen molar-refractivity contribution in [2.75, 3.05) is 0 Å². The van der Waals surface area contributed by atoms with E-state index in [9.17, 15) is 0 Å². The number of nitrogens with zero attached hydrogens (tertiary/aromatic N) is 2. The normalized spacial score (nSPS) is 10.1. The molecular weight excluding hydrogens is 247 g/mol. The number of rotatable bonds is 3. The van der Waals surface area contributed by atoms with Crippen LogP contribution in [-0.4, -0.2) is 9.97 Å². The first-order chi connectivity index (χ1) is 7.75. The Morgan fingerprint density at radius 1 is 1.12 bits per heavy atom. The monoisotopic (exact) mass is 254 g/mol. The Morgan fingerprint density at radius 2 is 2.00 bits per heavy atom. The molecule has 0 radical (unpaired) electrons. The Morgan fingerprint density at radius 3 is 2.69 bits per heavy atom. The predicted molar refractivity (Wildman–Crippen MR) is 62.8 cm³/mol. The van der Waals surface area contributed by atoms with Crippen LogP contribution in [0.1, 0.15) is 5.56 Å². The lowest BCUT2D eigenvalue weighted by molar-refractivity contribution is 0.293. The summed E-state index contributed by atoms with van der Waals surface area (Å²) >= 11 is 11.7. The number of hydrogen-bond acceptors (Lipinski definition) is 3. The summed E-state index contributed by atoms with van der Waals surface area (Å²) in [5.74, 6) is 0.529. The molecule has 0 fully saturated rings. The summed E-state index contributed by atoms with van der Waals surface area (Å²) < 4.78 is 5.43. The lowest BCUT2D eigenvalue weighted by Gasteiger charge is -2.05. The van der Waals surface area contributed by atoms with E-state index in [1.165, 1.54) is 6.33 Å². The highest BCUT2D eigenvalue weighted by Gasteiger charge is 2.00. The smallest absolute Gasteiger partial charge is 0.216 e. The highest BCUT2D eigenvalue weighted by Crippen LogP contribution is 2.23. The first kappa shape index (κ1) is 11.2. The van der Waals surface area contributed by atoms with Crippen LogP contribution >= 0.6 is 23.2 Å². The molecule has 0 saturated carbocycles. The van der Waals surface area contributed by atoms with Gasteiger partial charge in [-0.05, 0) is 17.7 Å². The molecule has 3 nitrogen and oxygen atoms in total. The minimum Gasteiger partial charge on any atom is -0.473 e. The Bertz CT molecular complexity index is 477. The van der Waals surface area contributed by atoms with Crippen LogP contribution in [0.4, 0.5) is 0 Å². The van der Waals surface area contributed by atoms with Gasteiger partial charge in [-0.25, -0.2) is 9.97 Å². The van der Waals surface area contributed by atoms with Gasteiger partial charge in [0, 0.05) is 12.3 Å². The second-order valence-corrected chi connectivity index (χ2v) is 3.90. The fourth-order valence-corrected chi connectivity index (χ4v) is 1.47. The van der Waals surface area contributed by atoms with Gasteiger partial charge in [-0.2, -0.15) is 0 Å². The molecule has 0 amide bonds. The number of benzene rings is 1. The molecule has 0 aliphatic rings. The van der Waals surface area contributed by atoms with Crippen LogP contribution in [-0.2, 0) is 6.61 Å². The fraction of sp³-hybridized carbons (Fsp3) is 0.0909. The van der Waals surface area contributed by atoms with Crippen molar-refractivity contribution in [2.24, 2.45) is 0 Å². The quantitative estimate of drug-likeness (QED) is 0.843. The molecule has 5 heteroatoms. The van der Waals surface area contributed by atoms with Crippen molar-refractivity contribution in [3.05, 3.63) is 52.4 Å². The number of aromatic nitrogens is 2. The van der Waals surface area contributed by atoms with Crippen molar-refractivity contribution >= 4 is 23.2 Å². The molecule has 0 atom stereocenters. The van der Waals surface area contributed by atoms with Crippen molar-refractivity contribution in [1.82, 2.24) is 9.97 Å². The lowest BCUT2D eigenvalue weighted by atomic mass is 10.2. The summed E-state index contributed by atoms with van der Waals surface area (Å²) in [6.45, 7) is 0.397. The van der Waals surface area contributed by atoms with Crippen molar-refractivity contribution in [3.8, 4) is 5.88 Å². The molecule has 0 aliphatic carbocycles. The molecule has 0 aliphatic heterocycles. The van der Waals surface area contributed by atoms with Crippen LogP contribution < -0.4 is 4.74 Å². The van der Waals surface area contributed by atoms with E-state index in [0.717, 1.165) is 5.56 Å². The van der Waals surface area contributed by atoms with E-state index in [1.54, 1.807) is 24.4 Å². The zero-order valence-corrected chi connectivity index (χ0v) is 9.74. The largest absolute Gasteiger partial charge is 0.473 e. The molecule has 82 valence electrons. The topological polar surface area (TPSA) is 35.0 Å². The lowest BCUT2D eigenvalue weighted by Crippen LogP contribution is -1.97. The Kier molecular flexibility index (Phi) is 3.59. The average Bonchev–Trinajstić information content (AvgIpc) is 2.32. The highest BCUT2D eigenvalue weighted by atomic mass is 35.5. The van der Waals surface area contributed by atoms with Gasteiger partial charge < -0.3 is 4.74 Å².